The Morgan fingerprint density at radius 2 is 1.12 bits per heavy atom. The van der Waals surface area contributed by atoms with Crippen LogP contribution in [0.1, 0.15) is 49.4 Å². The third-order valence-corrected chi connectivity index (χ3v) is 13.2. The molecule has 0 fully saturated rings. The number of hydrogen-bond donors (Lipinski definition) is 3. The first-order valence-electron chi connectivity index (χ1n) is 26.0. The average molecular weight is 1170 g/mol. The second-order valence-corrected chi connectivity index (χ2v) is 18.3. The zero-order chi connectivity index (χ0) is 59.5. The van der Waals surface area contributed by atoms with E-state index in [1.165, 1.54) is 9.36 Å². The summed E-state index contributed by atoms with van der Waals surface area (Å²) >= 11 is 0. The topological polar surface area (TPSA) is 303 Å². The molecule has 24 heteroatoms. The van der Waals surface area contributed by atoms with Crippen molar-refractivity contribution in [2.75, 3.05) is 31.1 Å². The Labute approximate surface area is 489 Å². The van der Waals surface area contributed by atoms with Crippen LogP contribution in [0.15, 0.2) is 192 Å². The molecule has 1 aliphatic carbocycles. The number of phenols is 2. The second-order valence-electron chi connectivity index (χ2n) is 18.3. The number of aromatic carboxylic acids is 1. The van der Waals surface area contributed by atoms with Gasteiger partial charge in [0.1, 0.15) is 58.4 Å². The van der Waals surface area contributed by atoms with E-state index in [1.807, 2.05) is 24.3 Å². The number of hydrogen-bond acceptors (Lipinski definition) is 17. The van der Waals surface area contributed by atoms with E-state index in [4.69, 9.17) is 4.42 Å². The van der Waals surface area contributed by atoms with Crippen molar-refractivity contribution >= 4 is 56.8 Å². The van der Waals surface area contributed by atoms with Gasteiger partial charge in [-0.05, 0) is 93.9 Å². The van der Waals surface area contributed by atoms with E-state index in [-0.39, 0.29) is 68.5 Å². The average Bonchev–Trinajstić information content (AvgIpc) is 1.66. The van der Waals surface area contributed by atoms with Gasteiger partial charge in [-0.25, -0.2) is 28.9 Å². The van der Waals surface area contributed by atoms with Gasteiger partial charge in [0, 0.05) is 89.0 Å². The summed E-state index contributed by atoms with van der Waals surface area (Å²) < 4.78 is 11.1. The van der Waals surface area contributed by atoms with Gasteiger partial charge in [0.05, 0.1) is 32.9 Å². The van der Waals surface area contributed by atoms with E-state index in [0.29, 0.717) is 28.3 Å². The van der Waals surface area contributed by atoms with Crippen molar-refractivity contribution in [3.8, 4) is 45.3 Å². The number of carbonyl (C=O) groups is 1. The number of nitro benzene ring substituents is 2. The van der Waals surface area contributed by atoms with Gasteiger partial charge >= 0.3 is 5.97 Å². The zero-order valence-electron chi connectivity index (χ0n) is 46.2. The molecule has 0 saturated carbocycles. The Bertz CT molecular complexity index is 4090. The number of phenolic OH excluding ortho intramolecular Hbond substituents is 2. The number of aryl methyl sites for hydroxylation is 2. The summed E-state index contributed by atoms with van der Waals surface area (Å²) in [7, 11) is 0. The van der Waals surface area contributed by atoms with Crippen LogP contribution in [0.5, 0.6) is 11.5 Å². The van der Waals surface area contributed by atoms with Crippen molar-refractivity contribution in [2.45, 2.75) is 41.5 Å². The van der Waals surface area contributed by atoms with Crippen molar-refractivity contribution in [3.63, 3.8) is 0 Å². The minimum atomic E-state index is -0.938. The van der Waals surface area contributed by atoms with E-state index < -0.39 is 26.9 Å². The maximum atomic E-state index is 12.4. The van der Waals surface area contributed by atoms with Crippen molar-refractivity contribution < 1.29 is 51.7 Å². The molecular formula is C60H55CrN12O11-. The number of carboxylic acid groups (broad SMARTS) is 1. The number of azo groups is 2. The van der Waals surface area contributed by atoms with E-state index in [9.17, 15) is 49.9 Å². The molecule has 1 aliphatic heterocycles. The predicted octanol–water partition coefficient (Wildman–Crippen LogP) is 12.1. The van der Waals surface area contributed by atoms with Crippen LogP contribution in [0.4, 0.5) is 39.8 Å². The largest absolute Gasteiger partial charge is 0.506 e. The number of aromatic nitrogens is 4. The molecular weight excluding hydrogens is 1120 g/mol. The molecule has 23 nitrogen and oxygen atoms in total. The number of para-hydroxylation sites is 2. The summed E-state index contributed by atoms with van der Waals surface area (Å²) in [5, 5.41) is 76.4. The predicted molar refractivity (Wildman–Crippen MR) is 313 cm³/mol. The van der Waals surface area contributed by atoms with Crippen LogP contribution < -0.4 is 26.0 Å². The molecule has 10 rings (SSSR count). The fraction of sp³-hybridized carbons (Fsp3) is 0.167. The second kappa shape index (κ2) is 27.3. The Balaban J connectivity index is 0.000000182. The summed E-state index contributed by atoms with van der Waals surface area (Å²) in [5.74, 6) is -0.754. The van der Waals surface area contributed by atoms with Gasteiger partial charge in [0.2, 0.25) is 5.36 Å². The molecule has 3 heterocycles. The van der Waals surface area contributed by atoms with Gasteiger partial charge < -0.3 is 44.5 Å². The number of carboxylic acids is 1. The fourth-order valence-electron chi connectivity index (χ4n) is 8.95. The van der Waals surface area contributed by atoms with Crippen LogP contribution in [0.3, 0.4) is 0 Å². The summed E-state index contributed by atoms with van der Waals surface area (Å²) in [6, 6.07) is 44.0. The normalized spacial score (nSPS) is 11.0. The van der Waals surface area contributed by atoms with Crippen molar-refractivity contribution in [1.82, 2.24) is 24.1 Å². The monoisotopic (exact) mass is 1170 g/mol. The minimum absolute atomic E-state index is 0. The summed E-state index contributed by atoms with van der Waals surface area (Å²) in [6.45, 7) is 15.3. The standard InChI is InChI=1S/C28H30N2O3.2C16H12N5O4.Cr/c1-5-29(6-2)19-13-15-23-25(17-19)33-26-18-20(30(7-3)8-4)14-16-24(26)27(23)21-11-9-10-12-22(21)28(31)32;2*1-10-15(16(23)20(19-10)11-5-3-2-4-6-11)18-17-13-9-12(21(24)25)7-8-14(13)22;/h9-18H,5-8H2,1-4H3;2*2-9,22H,1H3;/q;2*-1;/p+1. The first-order chi connectivity index (χ1) is 40.0. The fourth-order valence-corrected chi connectivity index (χ4v) is 8.95. The number of anilines is 1. The van der Waals surface area contributed by atoms with Gasteiger partial charge in [-0.1, -0.05) is 79.8 Å². The molecule has 0 bridgehead atoms. The first kappa shape index (κ1) is 61.1. The summed E-state index contributed by atoms with van der Waals surface area (Å²) in [5.41, 5.74) is 4.80. The molecule has 0 saturated heterocycles. The van der Waals surface area contributed by atoms with Crippen LogP contribution in [0.25, 0.3) is 44.8 Å². The maximum absolute atomic E-state index is 12.4. The van der Waals surface area contributed by atoms with Crippen LogP contribution in [0.2, 0.25) is 0 Å². The number of nitrogens with zero attached hydrogens (tertiary/aromatic N) is 12. The molecule has 428 valence electrons. The van der Waals surface area contributed by atoms with Gasteiger partial charge in [0.25, 0.3) is 11.4 Å². The van der Waals surface area contributed by atoms with Crippen LogP contribution in [0, 0.1) is 34.1 Å². The molecule has 2 aromatic heterocycles. The van der Waals surface area contributed by atoms with Crippen molar-refractivity contribution in [2.24, 2.45) is 20.5 Å². The van der Waals surface area contributed by atoms with Gasteiger partial charge in [-0.2, -0.15) is 10.2 Å². The Morgan fingerprint density at radius 1 is 0.631 bits per heavy atom. The molecule has 0 atom stereocenters. The van der Waals surface area contributed by atoms with E-state index in [1.54, 1.807) is 74.5 Å². The first-order valence-corrected chi connectivity index (χ1v) is 26.0. The van der Waals surface area contributed by atoms with Crippen LogP contribution in [-0.2, 0) is 17.4 Å². The van der Waals surface area contributed by atoms with E-state index in [2.05, 4.69) is 104 Å². The Morgan fingerprint density at radius 3 is 1.58 bits per heavy atom. The van der Waals surface area contributed by atoms with Crippen LogP contribution in [-0.4, -0.2) is 76.9 Å². The smallest absolute Gasteiger partial charge is 0.336 e. The summed E-state index contributed by atoms with van der Waals surface area (Å²) in [4.78, 5) is 59.6. The molecule has 3 N–H and O–H groups in total. The zero-order valence-corrected chi connectivity index (χ0v) is 47.5. The molecule has 6 aromatic carbocycles. The molecule has 0 radical (unpaired) electrons. The minimum Gasteiger partial charge on any atom is -0.506 e. The van der Waals surface area contributed by atoms with Gasteiger partial charge in [0.15, 0.2) is 0 Å². The number of fused-ring (bicyclic) bond motifs is 2. The van der Waals surface area contributed by atoms with Crippen molar-refractivity contribution in [3.05, 3.63) is 221 Å². The van der Waals surface area contributed by atoms with E-state index in [0.717, 1.165) is 101 Å². The number of rotatable bonds is 15. The van der Waals surface area contributed by atoms with E-state index >= 15 is 0 Å². The summed E-state index contributed by atoms with van der Waals surface area (Å²) in [6.07, 6.45) is 0. The Kier molecular flexibility index (Phi) is 19.8. The molecule has 0 spiro atoms. The molecule has 8 aromatic rings. The third kappa shape index (κ3) is 13.4. The van der Waals surface area contributed by atoms with Crippen molar-refractivity contribution in [1.29, 1.82) is 0 Å². The van der Waals surface area contributed by atoms with Gasteiger partial charge in [-0.3, -0.25) is 20.2 Å². The number of nitro groups is 2. The maximum Gasteiger partial charge on any atom is 0.336 e. The quantitative estimate of drug-likeness (QED) is 0.0215. The number of aromatic hydroxyl groups is 2. The number of benzene rings is 7. The molecule has 0 amide bonds. The van der Waals surface area contributed by atoms with Gasteiger partial charge in [-0.15, -0.1) is 11.4 Å². The molecule has 2 aliphatic rings. The SMILES string of the molecule is CCN(CC)c1ccc2c(-c3ccccc3C(=O)O)c3ccc(=[N+](CC)CC)cc-3oc2c1.Cc1nn(-c2ccccc2)c(=O)[c-]1N=Nc1cc([N+](=O)[O-])ccc1O.Cc1nn(-c2ccccc2)c(=O)[c-]1N=Nc1cc([N+](=O)[O-])ccc1O.[Cr]. The van der Waals surface area contributed by atoms with Crippen LogP contribution >= 0.6 is 0 Å². The third-order valence-electron chi connectivity index (χ3n) is 13.2. The number of non-ortho nitro benzene ring substituents is 2. The molecule has 84 heavy (non-hydrogen) atoms. The Hall–Kier alpha value is -10.6. The molecule has 0 unspecified atom stereocenters.